The van der Waals surface area contributed by atoms with Crippen molar-refractivity contribution in [3.8, 4) is 11.3 Å². The van der Waals surface area contributed by atoms with Crippen LogP contribution in [0.5, 0.6) is 0 Å². The number of hydrogen-bond donors (Lipinski definition) is 0. The Kier molecular flexibility index (Phi) is 3.63. The van der Waals surface area contributed by atoms with E-state index in [1.807, 2.05) is 52.9 Å². The van der Waals surface area contributed by atoms with Gasteiger partial charge in [0.2, 0.25) is 0 Å². The summed E-state index contributed by atoms with van der Waals surface area (Å²) in [6, 6.07) is 8.03. The molecular formula is C16H16ClN5O. The summed E-state index contributed by atoms with van der Waals surface area (Å²) in [7, 11) is 0. The van der Waals surface area contributed by atoms with Crippen molar-refractivity contribution in [2.75, 3.05) is 13.2 Å². The lowest BCUT2D eigenvalue weighted by Gasteiger charge is -2.17. The van der Waals surface area contributed by atoms with Crippen molar-refractivity contribution >= 4 is 11.6 Å². The second kappa shape index (κ2) is 5.79. The van der Waals surface area contributed by atoms with Crippen LogP contribution in [0.25, 0.3) is 11.3 Å². The average molecular weight is 330 g/mol. The van der Waals surface area contributed by atoms with Gasteiger partial charge >= 0.3 is 0 Å². The van der Waals surface area contributed by atoms with E-state index >= 15 is 0 Å². The number of halogens is 1. The second-order valence-corrected chi connectivity index (χ2v) is 6.11. The standard InChI is InChI=1S/C16H16ClN5O/c1-11-3-4-12(7-13(11)17)14-8-22(20-19-14)16-10-23-9-15(16)21-6-2-5-18-21/h2-8,15-16H,9-10H2,1H3/t15-,16+/m0/s1. The van der Waals surface area contributed by atoms with Gasteiger partial charge in [0.25, 0.3) is 0 Å². The highest BCUT2D eigenvalue weighted by Gasteiger charge is 2.32. The van der Waals surface area contributed by atoms with Crippen molar-refractivity contribution in [3.05, 3.63) is 53.4 Å². The van der Waals surface area contributed by atoms with Gasteiger partial charge < -0.3 is 4.74 Å². The van der Waals surface area contributed by atoms with Crippen LogP contribution in [0.2, 0.25) is 5.02 Å². The summed E-state index contributed by atoms with van der Waals surface area (Å²) in [5, 5.41) is 13.6. The first-order chi connectivity index (χ1) is 11.2. The Morgan fingerprint density at radius 2 is 2.04 bits per heavy atom. The quantitative estimate of drug-likeness (QED) is 0.741. The molecule has 3 heterocycles. The molecule has 1 aromatic carbocycles. The Hall–Kier alpha value is -2.18. The predicted octanol–water partition coefficient (Wildman–Crippen LogP) is 2.92. The maximum Gasteiger partial charge on any atom is 0.113 e. The van der Waals surface area contributed by atoms with Crippen LogP contribution in [0.1, 0.15) is 17.6 Å². The van der Waals surface area contributed by atoms with Crippen LogP contribution in [0.3, 0.4) is 0 Å². The zero-order chi connectivity index (χ0) is 15.8. The van der Waals surface area contributed by atoms with E-state index < -0.39 is 0 Å². The third-order valence-electron chi connectivity index (χ3n) is 4.20. The van der Waals surface area contributed by atoms with Crippen molar-refractivity contribution < 1.29 is 4.74 Å². The summed E-state index contributed by atoms with van der Waals surface area (Å²) in [6.45, 7) is 3.20. The highest BCUT2D eigenvalue weighted by molar-refractivity contribution is 6.31. The van der Waals surface area contributed by atoms with Gasteiger partial charge in [-0.2, -0.15) is 5.10 Å². The molecule has 2 aromatic heterocycles. The van der Waals surface area contributed by atoms with Gasteiger partial charge in [0, 0.05) is 23.0 Å². The molecule has 0 unspecified atom stereocenters. The SMILES string of the molecule is Cc1ccc(-c2cn([C@@H]3COC[C@@H]3n3cccn3)nn2)cc1Cl. The molecule has 6 nitrogen and oxygen atoms in total. The van der Waals surface area contributed by atoms with Crippen LogP contribution >= 0.6 is 11.6 Å². The Morgan fingerprint density at radius 3 is 2.78 bits per heavy atom. The van der Waals surface area contributed by atoms with E-state index in [2.05, 4.69) is 15.4 Å². The minimum Gasteiger partial charge on any atom is -0.377 e. The first kappa shape index (κ1) is 14.4. The van der Waals surface area contributed by atoms with Crippen LogP contribution in [0.15, 0.2) is 42.9 Å². The molecule has 7 heteroatoms. The van der Waals surface area contributed by atoms with Gasteiger partial charge in [-0.25, -0.2) is 4.68 Å². The molecule has 3 aromatic rings. The molecule has 4 rings (SSSR count). The minimum absolute atomic E-state index is 0.0806. The Morgan fingerprint density at radius 1 is 1.22 bits per heavy atom. The molecule has 1 saturated heterocycles. The van der Waals surface area contributed by atoms with E-state index in [4.69, 9.17) is 16.3 Å². The minimum atomic E-state index is 0.0806. The monoisotopic (exact) mass is 329 g/mol. The molecule has 0 spiro atoms. The van der Waals surface area contributed by atoms with Crippen LogP contribution in [0, 0.1) is 6.92 Å². The van der Waals surface area contributed by atoms with Crippen molar-refractivity contribution in [1.82, 2.24) is 24.8 Å². The summed E-state index contributed by atoms with van der Waals surface area (Å²) < 4.78 is 9.41. The summed E-state index contributed by atoms with van der Waals surface area (Å²) in [5.74, 6) is 0. The molecule has 1 aliphatic heterocycles. The predicted molar refractivity (Wildman–Crippen MR) is 86.3 cm³/mol. The average Bonchev–Trinajstić information content (AvgIpc) is 3.30. The second-order valence-electron chi connectivity index (χ2n) is 5.71. The fourth-order valence-electron chi connectivity index (χ4n) is 2.84. The van der Waals surface area contributed by atoms with E-state index in [0.29, 0.717) is 13.2 Å². The van der Waals surface area contributed by atoms with Crippen LogP contribution in [0.4, 0.5) is 0 Å². The Bertz CT molecular complexity index is 814. The van der Waals surface area contributed by atoms with Crippen LogP contribution < -0.4 is 0 Å². The van der Waals surface area contributed by atoms with Crippen molar-refractivity contribution in [2.45, 2.75) is 19.0 Å². The first-order valence-electron chi connectivity index (χ1n) is 7.47. The third-order valence-corrected chi connectivity index (χ3v) is 4.61. The van der Waals surface area contributed by atoms with Crippen molar-refractivity contribution in [1.29, 1.82) is 0 Å². The molecule has 0 saturated carbocycles. The zero-order valence-electron chi connectivity index (χ0n) is 12.6. The number of aromatic nitrogens is 5. The molecule has 23 heavy (non-hydrogen) atoms. The van der Waals surface area contributed by atoms with Gasteiger partial charge in [0.15, 0.2) is 0 Å². The lowest BCUT2D eigenvalue weighted by molar-refractivity contribution is 0.179. The number of nitrogens with zero attached hydrogens (tertiary/aromatic N) is 5. The van der Waals surface area contributed by atoms with E-state index in [0.717, 1.165) is 21.8 Å². The van der Waals surface area contributed by atoms with Crippen LogP contribution in [-0.4, -0.2) is 38.0 Å². The van der Waals surface area contributed by atoms with E-state index in [1.54, 1.807) is 6.20 Å². The van der Waals surface area contributed by atoms with E-state index in [1.165, 1.54) is 0 Å². The van der Waals surface area contributed by atoms with Crippen molar-refractivity contribution in [2.24, 2.45) is 0 Å². The first-order valence-corrected chi connectivity index (χ1v) is 7.85. The Labute approximate surface area is 138 Å². The van der Waals surface area contributed by atoms with Gasteiger partial charge in [0.1, 0.15) is 11.7 Å². The summed E-state index contributed by atoms with van der Waals surface area (Å²) >= 11 is 6.20. The van der Waals surface area contributed by atoms with Crippen molar-refractivity contribution in [3.63, 3.8) is 0 Å². The fraction of sp³-hybridized carbons (Fsp3) is 0.312. The maximum absolute atomic E-state index is 6.20. The van der Waals surface area contributed by atoms with Gasteiger partial charge in [0.05, 0.1) is 25.5 Å². The summed E-state index contributed by atoms with van der Waals surface area (Å²) in [4.78, 5) is 0. The molecule has 0 aliphatic carbocycles. The number of aryl methyl sites for hydroxylation is 1. The van der Waals surface area contributed by atoms with E-state index in [-0.39, 0.29) is 12.1 Å². The maximum atomic E-state index is 6.20. The summed E-state index contributed by atoms with van der Waals surface area (Å²) in [6.07, 6.45) is 5.66. The molecule has 0 bridgehead atoms. The normalized spacial score (nSPS) is 21.0. The zero-order valence-corrected chi connectivity index (χ0v) is 13.4. The lowest BCUT2D eigenvalue weighted by atomic mass is 10.1. The van der Waals surface area contributed by atoms with Crippen LogP contribution in [-0.2, 0) is 4.74 Å². The fourth-order valence-corrected chi connectivity index (χ4v) is 3.02. The molecule has 1 fully saturated rings. The number of ether oxygens (including phenoxy) is 1. The highest BCUT2D eigenvalue weighted by Crippen LogP contribution is 2.30. The molecule has 0 radical (unpaired) electrons. The number of hydrogen-bond acceptors (Lipinski definition) is 4. The molecule has 0 amide bonds. The molecular weight excluding hydrogens is 314 g/mol. The van der Waals surface area contributed by atoms with E-state index in [9.17, 15) is 0 Å². The largest absolute Gasteiger partial charge is 0.377 e. The van der Waals surface area contributed by atoms with Gasteiger partial charge in [-0.15, -0.1) is 5.10 Å². The highest BCUT2D eigenvalue weighted by atomic mass is 35.5. The molecule has 2 atom stereocenters. The van der Waals surface area contributed by atoms with Gasteiger partial charge in [-0.3, -0.25) is 4.68 Å². The third kappa shape index (κ3) is 2.64. The van der Waals surface area contributed by atoms with Gasteiger partial charge in [-0.05, 0) is 24.6 Å². The number of rotatable bonds is 3. The molecule has 118 valence electrons. The lowest BCUT2D eigenvalue weighted by Crippen LogP contribution is -2.22. The smallest absolute Gasteiger partial charge is 0.113 e. The van der Waals surface area contributed by atoms with Gasteiger partial charge in [-0.1, -0.05) is 28.9 Å². The molecule has 1 aliphatic rings. The molecule has 0 N–H and O–H groups in total. The number of benzene rings is 1. The topological polar surface area (TPSA) is 57.8 Å². The summed E-state index contributed by atoms with van der Waals surface area (Å²) in [5.41, 5.74) is 2.81. The Balaban J connectivity index is 1.63.